The van der Waals surface area contributed by atoms with E-state index in [-0.39, 0.29) is 25.1 Å². The monoisotopic (exact) mass is 286 g/mol. The topological polar surface area (TPSA) is 88.1 Å². The van der Waals surface area contributed by atoms with Gasteiger partial charge in [0.05, 0.1) is 20.3 Å². The number of amides is 1. The third-order valence-corrected chi connectivity index (χ3v) is 3.60. The van der Waals surface area contributed by atoms with E-state index in [1.54, 1.807) is 4.90 Å². The number of carbonyl (C=O) groups excluding carboxylic acids is 2. The number of nitrogens with one attached hydrogen (secondary N) is 1. The first-order valence-corrected chi connectivity index (χ1v) is 6.87. The van der Waals surface area contributed by atoms with Gasteiger partial charge in [-0.1, -0.05) is 0 Å². The van der Waals surface area contributed by atoms with Gasteiger partial charge < -0.3 is 19.9 Å². The molecule has 2 rings (SSSR count). The van der Waals surface area contributed by atoms with E-state index >= 15 is 0 Å². The molecule has 2 fully saturated rings. The average Bonchev–Trinajstić information content (AvgIpc) is 3.21. The van der Waals surface area contributed by atoms with E-state index in [0.717, 1.165) is 12.8 Å². The van der Waals surface area contributed by atoms with Crippen molar-refractivity contribution in [1.82, 2.24) is 10.2 Å². The standard InChI is InChI=1S/C13H22N2O5/c1-13(18,12(17)19-2)8-15-5-6-20-7-10(15)11(16)14-9-3-4-9/h9-10,18H,3-8H2,1-2H3,(H,14,16). The van der Waals surface area contributed by atoms with Gasteiger partial charge in [-0.15, -0.1) is 0 Å². The average molecular weight is 286 g/mol. The van der Waals surface area contributed by atoms with Crippen molar-refractivity contribution in [3.63, 3.8) is 0 Å². The Balaban J connectivity index is 1.98. The number of hydrogen-bond donors (Lipinski definition) is 2. The first kappa shape index (κ1) is 15.2. The van der Waals surface area contributed by atoms with Crippen LogP contribution in [0, 0.1) is 0 Å². The van der Waals surface area contributed by atoms with Gasteiger partial charge in [-0.3, -0.25) is 9.69 Å². The molecular weight excluding hydrogens is 264 g/mol. The Kier molecular flexibility index (Phi) is 4.62. The van der Waals surface area contributed by atoms with Crippen molar-refractivity contribution in [2.24, 2.45) is 0 Å². The molecule has 2 N–H and O–H groups in total. The van der Waals surface area contributed by atoms with Crippen LogP contribution in [0.3, 0.4) is 0 Å². The predicted molar refractivity (Wildman–Crippen MR) is 70.0 cm³/mol. The molecule has 1 saturated carbocycles. The number of nitrogens with zero attached hydrogens (tertiary/aromatic N) is 1. The van der Waals surface area contributed by atoms with Crippen molar-refractivity contribution in [2.75, 3.05) is 33.4 Å². The summed E-state index contributed by atoms with van der Waals surface area (Å²) >= 11 is 0. The Bertz CT molecular complexity index is 381. The molecule has 2 atom stereocenters. The molecule has 114 valence electrons. The van der Waals surface area contributed by atoms with Crippen molar-refractivity contribution in [3.05, 3.63) is 0 Å². The van der Waals surface area contributed by atoms with E-state index < -0.39 is 17.6 Å². The summed E-state index contributed by atoms with van der Waals surface area (Å²) in [6, 6.07) is -0.201. The van der Waals surface area contributed by atoms with Crippen LogP contribution in [0.5, 0.6) is 0 Å². The summed E-state index contributed by atoms with van der Waals surface area (Å²) in [5.74, 6) is -0.807. The molecule has 2 aliphatic rings. The molecule has 1 aliphatic carbocycles. The number of rotatable bonds is 5. The van der Waals surface area contributed by atoms with Crippen LogP contribution in [0.15, 0.2) is 0 Å². The van der Waals surface area contributed by atoms with Gasteiger partial charge in [-0.25, -0.2) is 4.79 Å². The van der Waals surface area contributed by atoms with Crippen LogP contribution in [-0.4, -0.2) is 73.0 Å². The lowest BCUT2D eigenvalue weighted by molar-refractivity contribution is -0.165. The molecule has 1 saturated heterocycles. The Labute approximate surface area is 118 Å². The lowest BCUT2D eigenvalue weighted by Crippen LogP contribution is -2.59. The van der Waals surface area contributed by atoms with Gasteiger partial charge in [-0.2, -0.15) is 0 Å². The van der Waals surface area contributed by atoms with Gasteiger partial charge in [0.2, 0.25) is 5.91 Å². The van der Waals surface area contributed by atoms with E-state index in [9.17, 15) is 14.7 Å². The van der Waals surface area contributed by atoms with Gasteiger partial charge in [0.25, 0.3) is 0 Å². The van der Waals surface area contributed by atoms with Gasteiger partial charge in [0.15, 0.2) is 5.60 Å². The SMILES string of the molecule is COC(=O)C(C)(O)CN1CCOCC1C(=O)NC1CC1. The van der Waals surface area contributed by atoms with Crippen LogP contribution in [-0.2, 0) is 19.1 Å². The van der Waals surface area contributed by atoms with Crippen LogP contribution in [0.4, 0.5) is 0 Å². The summed E-state index contributed by atoms with van der Waals surface area (Å²) in [5, 5.41) is 13.1. The lowest BCUT2D eigenvalue weighted by atomic mass is 10.0. The van der Waals surface area contributed by atoms with Crippen molar-refractivity contribution >= 4 is 11.9 Å². The van der Waals surface area contributed by atoms with E-state index in [0.29, 0.717) is 13.2 Å². The lowest BCUT2D eigenvalue weighted by Gasteiger charge is -2.37. The van der Waals surface area contributed by atoms with Crippen LogP contribution in [0.25, 0.3) is 0 Å². The zero-order chi connectivity index (χ0) is 14.8. The summed E-state index contributed by atoms with van der Waals surface area (Å²) in [4.78, 5) is 25.5. The molecule has 0 bridgehead atoms. The van der Waals surface area contributed by atoms with E-state index in [1.807, 2.05) is 0 Å². The second kappa shape index (κ2) is 6.07. The highest BCUT2D eigenvalue weighted by Gasteiger charge is 2.40. The minimum absolute atomic E-state index is 0.0474. The summed E-state index contributed by atoms with van der Waals surface area (Å²) < 4.78 is 9.92. The number of aliphatic hydroxyl groups is 1. The molecule has 0 radical (unpaired) electrons. The molecule has 1 heterocycles. The molecule has 20 heavy (non-hydrogen) atoms. The normalized spacial score (nSPS) is 26.6. The summed E-state index contributed by atoms with van der Waals surface area (Å²) in [6.45, 7) is 2.69. The minimum Gasteiger partial charge on any atom is -0.467 e. The quantitative estimate of drug-likeness (QED) is 0.623. The molecule has 7 heteroatoms. The molecule has 0 spiro atoms. The Morgan fingerprint density at radius 1 is 1.50 bits per heavy atom. The van der Waals surface area contributed by atoms with E-state index in [1.165, 1.54) is 14.0 Å². The van der Waals surface area contributed by atoms with Crippen molar-refractivity contribution in [2.45, 2.75) is 37.5 Å². The third kappa shape index (κ3) is 3.68. The van der Waals surface area contributed by atoms with Gasteiger partial charge >= 0.3 is 5.97 Å². The Morgan fingerprint density at radius 3 is 2.80 bits per heavy atom. The smallest absolute Gasteiger partial charge is 0.338 e. The molecule has 1 amide bonds. The minimum atomic E-state index is -1.63. The Morgan fingerprint density at radius 2 is 2.20 bits per heavy atom. The van der Waals surface area contributed by atoms with Crippen molar-refractivity contribution < 1.29 is 24.2 Å². The van der Waals surface area contributed by atoms with Crippen molar-refractivity contribution in [1.29, 1.82) is 0 Å². The zero-order valence-corrected chi connectivity index (χ0v) is 11.9. The number of morpholine rings is 1. The van der Waals surface area contributed by atoms with Crippen LogP contribution in [0.1, 0.15) is 19.8 Å². The fraction of sp³-hybridized carbons (Fsp3) is 0.846. The number of hydrogen-bond acceptors (Lipinski definition) is 6. The highest BCUT2D eigenvalue weighted by atomic mass is 16.5. The van der Waals surface area contributed by atoms with Crippen LogP contribution in [0.2, 0.25) is 0 Å². The van der Waals surface area contributed by atoms with E-state index in [4.69, 9.17) is 4.74 Å². The molecule has 0 aromatic carbocycles. The van der Waals surface area contributed by atoms with Gasteiger partial charge in [0.1, 0.15) is 6.04 Å². The summed E-state index contributed by atoms with van der Waals surface area (Å²) in [7, 11) is 1.23. The van der Waals surface area contributed by atoms with E-state index in [2.05, 4.69) is 10.1 Å². The molecule has 0 aromatic heterocycles. The molecule has 2 unspecified atom stereocenters. The second-order valence-electron chi connectivity index (χ2n) is 5.61. The largest absolute Gasteiger partial charge is 0.467 e. The Hall–Kier alpha value is -1.18. The first-order chi connectivity index (χ1) is 9.44. The zero-order valence-electron chi connectivity index (χ0n) is 11.9. The number of ether oxygens (including phenoxy) is 2. The highest BCUT2D eigenvalue weighted by Crippen LogP contribution is 2.20. The molecule has 1 aliphatic heterocycles. The fourth-order valence-corrected chi connectivity index (χ4v) is 2.27. The van der Waals surface area contributed by atoms with Gasteiger partial charge in [0, 0.05) is 19.1 Å². The first-order valence-electron chi connectivity index (χ1n) is 6.87. The highest BCUT2D eigenvalue weighted by molar-refractivity contribution is 5.83. The molecular formula is C13H22N2O5. The maximum absolute atomic E-state index is 12.2. The van der Waals surface area contributed by atoms with Gasteiger partial charge in [-0.05, 0) is 19.8 Å². The van der Waals surface area contributed by atoms with Crippen LogP contribution >= 0.6 is 0 Å². The summed E-state index contributed by atoms with van der Waals surface area (Å²) in [6.07, 6.45) is 2.03. The molecule has 0 aromatic rings. The number of β-amino-alcohol motifs (C(OH)–C–C–N with tert-alkyl or cyclic N) is 1. The summed E-state index contributed by atoms with van der Waals surface area (Å²) in [5.41, 5.74) is -1.63. The maximum Gasteiger partial charge on any atom is 0.338 e. The van der Waals surface area contributed by atoms with Crippen molar-refractivity contribution in [3.8, 4) is 0 Å². The van der Waals surface area contributed by atoms with Crippen LogP contribution < -0.4 is 5.32 Å². The maximum atomic E-state index is 12.2. The predicted octanol–water partition coefficient (Wildman–Crippen LogP) is -1.11. The second-order valence-corrected chi connectivity index (χ2v) is 5.61. The number of carbonyl (C=O) groups is 2. The molecule has 7 nitrogen and oxygen atoms in total. The number of esters is 1. The fourth-order valence-electron chi connectivity index (χ4n) is 2.27. The number of methoxy groups -OCH3 is 1. The third-order valence-electron chi connectivity index (χ3n) is 3.60.